The van der Waals surface area contributed by atoms with E-state index >= 15 is 0 Å². The van der Waals surface area contributed by atoms with Crippen molar-refractivity contribution in [2.24, 2.45) is 0 Å². The van der Waals surface area contributed by atoms with Crippen molar-refractivity contribution < 1.29 is 9.53 Å². The molecule has 2 aromatic rings. The number of alkyl carbamates (subject to hydrolysis) is 1. The van der Waals surface area contributed by atoms with E-state index in [0.29, 0.717) is 0 Å². The van der Waals surface area contributed by atoms with Gasteiger partial charge in [-0.2, -0.15) is 0 Å². The first kappa shape index (κ1) is 15.6. The summed E-state index contributed by atoms with van der Waals surface area (Å²) in [5, 5.41) is 2.85. The number of aryl methyl sites for hydroxylation is 1. The Kier molecular flexibility index (Phi) is 5.39. The Balaban J connectivity index is 1.90. The van der Waals surface area contributed by atoms with Crippen LogP contribution in [-0.2, 0) is 11.3 Å². The van der Waals surface area contributed by atoms with Gasteiger partial charge in [-0.3, -0.25) is 0 Å². The first-order valence-corrected chi connectivity index (χ1v) is 7.59. The third-order valence-electron chi connectivity index (χ3n) is 3.25. The van der Waals surface area contributed by atoms with Crippen LogP contribution in [0.4, 0.5) is 4.79 Å². The van der Waals surface area contributed by atoms with E-state index in [1.807, 2.05) is 62.4 Å². The summed E-state index contributed by atoms with van der Waals surface area (Å²) in [6, 6.07) is 15.5. The number of rotatable bonds is 4. The van der Waals surface area contributed by atoms with E-state index in [1.54, 1.807) is 0 Å². The van der Waals surface area contributed by atoms with Crippen LogP contribution in [0, 0.1) is 6.92 Å². The summed E-state index contributed by atoms with van der Waals surface area (Å²) in [6.45, 7) is 4.24. The van der Waals surface area contributed by atoms with Crippen molar-refractivity contribution in [1.29, 1.82) is 0 Å². The summed E-state index contributed by atoms with van der Waals surface area (Å²) < 4.78 is 6.25. The molecule has 0 heterocycles. The fourth-order valence-electron chi connectivity index (χ4n) is 2.14. The molecular weight excluding hydrogens is 330 g/mol. The molecule has 4 heteroatoms. The highest BCUT2D eigenvalue weighted by Gasteiger charge is 2.12. The Morgan fingerprint density at radius 3 is 2.62 bits per heavy atom. The number of nitrogens with one attached hydrogen (secondary N) is 1. The molecule has 1 atom stereocenters. The topological polar surface area (TPSA) is 38.3 Å². The summed E-state index contributed by atoms with van der Waals surface area (Å²) in [4.78, 5) is 11.8. The number of benzene rings is 2. The zero-order chi connectivity index (χ0) is 15.2. The highest BCUT2D eigenvalue weighted by atomic mass is 79.9. The second-order valence-corrected chi connectivity index (χ2v) is 5.84. The van der Waals surface area contributed by atoms with Crippen LogP contribution in [-0.4, -0.2) is 6.09 Å². The van der Waals surface area contributed by atoms with Gasteiger partial charge in [0.1, 0.15) is 6.61 Å². The number of amides is 1. The predicted octanol–water partition coefficient (Wildman–Crippen LogP) is 4.74. The monoisotopic (exact) mass is 347 g/mol. The Hall–Kier alpha value is -1.81. The summed E-state index contributed by atoms with van der Waals surface area (Å²) in [6.07, 6.45) is -0.409. The quantitative estimate of drug-likeness (QED) is 0.866. The number of halogens is 1. The van der Waals surface area contributed by atoms with E-state index in [2.05, 4.69) is 21.2 Å². The van der Waals surface area contributed by atoms with Crippen LogP contribution in [0.5, 0.6) is 0 Å². The molecule has 0 saturated carbocycles. The smallest absolute Gasteiger partial charge is 0.407 e. The second-order valence-electron chi connectivity index (χ2n) is 4.93. The van der Waals surface area contributed by atoms with Gasteiger partial charge < -0.3 is 10.1 Å². The minimum Gasteiger partial charge on any atom is -0.445 e. The molecule has 0 saturated heterocycles. The molecule has 0 aliphatic heterocycles. The van der Waals surface area contributed by atoms with Crippen molar-refractivity contribution in [2.75, 3.05) is 0 Å². The molecule has 0 aliphatic carbocycles. The van der Waals surface area contributed by atoms with E-state index < -0.39 is 6.09 Å². The molecule has 0 spiro atoms. The van der Waals surface area contributed by atoms with Gasteiger partial charge in [0.05, 0.1) is 6.04 Å². The lowest BCUT2D eigenvalue weighted by molar-refractivity contribution is 0.136. The van der Waals surface area contributed by atoms with Gasteiger partial charge in [-0.15, -0.1) is 0 Å². The molecule has 21 heavy (non-hydrogen) atoms. The average Bonchev–Trinajstić information content (AvgIpc) is 2.46. The van der Waals surface area contributed by atoms with Crippen LogP contribution in [0.1, 0.15) is 29.7 Å². The number of carbonyl (C=O) groups is 1. The molecule has 0 radical (unpaired) electrons. The maximum Gasteiger partial charge on any atom is 0.407 e. The molecule has 0 aliphatic rings. The number of ether oxygens (including phenoxy) is 1. The molecule has 2 aromatic carbocycles. The predicted molar refractivity (Wildman–Crippen MR) is 87.1 cm³/mol. The van der Waals surface area contributed by atoms with Crippen LogP contribution in [0.3, 0.4) is 0 Å². The van der Waals surface area contributed by atoms with E-state index in [1.165, 1.54) is 0 Å². The number of carbonyl (C=O) groups excluding carboxylic acids is 1. The van der Waals surface area contributed by atoms with Crippen molar-refractivity contribution in [2.45, 2.75) is 26.5 Å². The van der Waals surface area contributed by atoms with Crippen molar-refractivity contribution in [3.8, 4) is 0 Å². The first-order chi connectivity index (χ1) is 10.1. The lowest BCUT2D eigenvalue weighted by atomic mass is 10.0. The van der Waals surface area contributed by atoms with Crippen LogP contribution in [0.2, 0.25) is 0 Å². The maximum absolute atomic E-state index is 11.8. The van der Waals surface area contributed by atoms with E-state index in [9.17, 15) is 4.79 Å². The van der Waals surface area contributed by atoms with Gasteiger partial charge >= 0.3 is 6.09 Å². The lowest BCUT2D eigenvalue weighted by Gasteiger charge is -2.16. The van der Waals surface area contributed by atoms with Crippen LogP contribution >= 0.6 is 15.9 Å². The lowest BCUT2D eigenvalue weighted by Crippen LogP contribution is -2.27. The van der Waals surface area contributed by atoms with Crippen LogP contribution < -0.4 is 5.32 Å². The SMILES string of the molecule is Cc1cc(Br)ccc1[C@H](C)NC(=O)OCc1ccccc1. The van der Waals surface area contributed by atoms with Gasteiger partial charge in [0.2, 0.25) is 0 Å². The number of hydrogen-bond acceptors (Lipinski definition) is 2. The van der Waals surface area contributed by atoms with Crippen molar-refractivity contribution in [3.05, 3.63) is 69.7 Å². The summed E-state index contributed by atoms with van der Waals surface area (Å²) in [7, 11) is 0. The molecule has 110 valence electrons. The normalized spacial score (nSPS) is 11.8. The van der Waals surface area contributed by atoms with E-state index in [4.69, 9.17) is 4.74 Å². The molecule has 0 aromatic heterocycles. The fraction of sp³-hybridized carbons (Fsp3) is 0.235. The molecule has 1 amide bonds. The zero-order valence-corrected chi connectivity index (χ0v) is 13.7. The van der Waals surface area contributed by atoms with Crippen molar-refractivity contribution >= 4 is 22.0 Å². The minimum atomic E-state index is -0.409. The summed E-state index contributed by atoms with van der Waals surface area (Å²) in [5.74, 6) is 0. The third-order valence-corrected chi connectivity index (χ3v) is 3.74. The Morgan fingerprint density at radius 1 is 1.24 bits per heavy atom. The van der Waals surface area contributed by atoms with E-state index in [-0.39, 0.29) is 12.6 Å². The highest BCUT2D eigenvalue weighted by Crippen LogP contribution is 2.21. The van der Waals surface area contributed by atoms with Crippen LogP contribution in [0.15, 0.2) is 53.0 Å². The number of hydrogen-bond donors (Lipinski definition) is 1. The van der Waals surface area contributed by atoms with Gasteiger partial charge in [0, 0.05) is 4.47 Å². The minimum absolute atomic E-state index is 0.0960. The first-order valence-electron chi connectivity index (χ1n) is 6.79. The molecule has 0 bridgehead atoms. The van der Waals surface area contributed by atoms with Gasteiger partial charge in [-0.1, -0.05) is 52.3 Å². The van der Waals surface area contributed by atoms with Gasteiger partial charge in [-0.25, -0.2) is 4.79 Å². The molecule has 1 N–H and O–H groups in total. The molecular formula is C17H18BrNO2. The Morgan fingerprint density at radius 2 is 1.95 bits per heavy atom. The molecule has 0 unspecified atom stereocenters. The molecule has 2 rings (SSSR count). The Bertz CT molecular complexity index is 613. The average molecular weight is 348 g/mol. The summed E-state index contributed by atoms with van der Waals surface area (Å²) >= 11 is 3.43. The third kappa shape index (κ3) is 4.60. The van der Waals surface area contributed by atoms with Crippen molar-refractivity contribution in [3.63, 3.8) is 0 Å². The van der Waals surface area contributed by atoms with Crippen LogP contribution in [0.25, 0.3) is 0 Å². The van der Waals surface area contributed by atoms with Gasteiger partial charge in [0.25, 0.3) is 0 Å². The fourth-order valence-corrected chi connectivity index (χ4v) is 2.62. The largest absolute Gasteiger partial charge is 0.445 e. The van der Waals surface area contributed by atoms with Gasteiger partial charge in [-0.05, 0) is 42.7 Å². The Labute approximate surface area is 133 Å². The summed E-state index contributed by atoms with van der Waals surface area (Å²) in [5.41, 5.74) is 3.18. The van der Waals surface area contributed by atoms with Crippen molar-refractivity contribution in [1.82, 2.24) is 5.32 Å². The molecule has 0 fully saturated rings. The second kappa shape index (κ2) is 7.27. The van der Waals surface area contributed by atoms with Gasteiger partial charge in [0.15, 0.2) is 0 Å². The highest BCUT2D eigenvalue weighted by molar-refractivity contribution is 9.10. The zero-order valence-electron chi connectivity index (χ0n) is 12.1. The molecule has 3 nitrogen and oxygen atoms in total. The maximum atomic E-state index is 11.8. The van der Waals surface area contributed by atoms with E-state index in [0.717, 1.165) is 21.2 Å². The standard InChI is InChI=1S/C17H18BrNO2/c1-12-10-15(18)8-9-16(12)13(2)19-17(20)21-11-14-6-4-3-5-7-14/h3-10,13H,11H2,1-2H3,(H,19,20)/t13-/m0/s1.